The molecule has 1 N–H and O–H groups in total. The van der Waals surface area contributed by atoms with Gasteiger partial charge in [0, 0.05) is 31.8 Å². The van der Waals surface area contributed by atoms with Gasteiger partial charge in [-0.25, -0.2) is 0 Å². The van der Waals surface area contributed by atoms with E-state index < -0.39 is 0 Å². The lowest BCUT2D eigenvalue weighted by Gasteiger charge is -2.33. The first kappa shape index (κ1) is 13.3. The minimum absolute atomic E-state index is 0.407. The second-order valence-electron chi connectivity index (χ2n) is 5.59. The molecule has 0 aromatic heterocycles. The van der Waals surface area contributed by atoms with Crippen molar-refractivity contribution < 1.29 is 4.74 Å². The van der Waals surface area contributed by atoms with Gasteiger partial charge in [0.2, 0.25) is 0 Å². The predicted octanol–water partition coefficient (Wildman–Crippen LogP) is 2.02. The third kappa shape index (κ3) is 3.67. The van der Waals surface area contributed by atoms with Crippen LogP contribution in [0.4, 0.5) is 0 Å². The van der Waals surface area contributed by atoms with Gasteiger partial charge in [-0.15, -0.1) is 0 Å². The SMILES string of the molecule is CCCNC1CCCC1N1CCCOC(C)C1. The summed E-state index contributed by atoms with van der Waals surface area (Å²) >= 11 is 0. The average molecular weight is 240 g/mol. The van der Waals surface area contributed by atoms with Gasteiger partial charge in [-0.3, -0.25) is 4.90 Å². The first-order valence-electron chi connectivity index (χ1n) is 7.40. The summed E-state index contributed by atoms with van der Waals surface area (Å²) in [5, 5.41) is 3.73. The molecular formula is C14H28N2O. The van der Waals surface area contributed by atoms with Crippen LogP contribution in [0.5, 0.6) is 0 Å². The third-order valence-electron chi connectivity index (χ3n) is 4.09. The van der Waals surface area contributed by atoms with E-state index in [-0.39, 0.29) is 0 Å². The van der Waals surface area contributed by atoms with Crippen molar-refractivity contribution in [2.24, 2.45) is 0 Å². The van der Waals surface area contributed by atoms with E-state index in [1.165, 1.54) is 45.2 Å². The van der Waals surface area contributed by atoms with E-state index >= 15 is 0 Å². The van der Waals surface area contributed by atoms with Crippen molar-refractivity contribution in [3.63, 3.8) is 0 Å². The smallest absolute Gasteiger partial charge is 0.0674 e. The summed E-state index contributed by atoms with van der Waals surface area (Å²) < 4.78 is 5.75. The molecule has 0 spiro atoms. The first-order valence-corrected chi connectivity index (χ1v) is 7.40. The summed E-state index contributed by atoms with van der Waals surface area (Å²) in [7, 11) is 0. The highest BCUT2D eigenvalue weighted by Gasteiger charge is 2.32. The fraction of sp³-hybridized carbons (Fsp3) is 1.00. The maximum atomic E-state index is 5.75. The molecule has 3 atom stereocenters. The normalized spacial score (nSPS) is 36.0. The molecule has 17 heavy (non-hydrogen) atoms. The Kier molecular flexibility index (Phi) is 5.26. The second kappa shape index (κ2) is 6.72. The van der Waals surface area contributed by atoms with Crippen molar-refractivity contribution in [1.29, 1.82) is 0 Å². The second-order valence-corrected chi connectivity index (χ2v) is 5.59. The number of rotatable bonds is 4. The molecule has 3 unspecified atom stereocenters. The van der Waals surface area contributed by atoms with Gasteiger partial charge < -0.3 is 10.1 Å². The van der Waals surface area contributed by atoms with E-state index in [1.807, 2.05) is 0 Å². The topological polar surface area (TPSA) is 24.5 Å². The molecule has 100 valence electrons. The lowest BCUT2D eigenvalue weighted by molar-refractivity contribution is 0.0584. The number of ether oxygens (including phenoxy) is 1. The summed E-state index contributed by atoms with van der Waals surface area (Å²) in [5.74, 6) is 0. The summed E-state index contributed by atoms with van der Waals surface area (Å²) in [6.07, 6.45) is 6.96. The Morgan fingerprint density at radius 1 is 1.29 bits per heavy atom. The lowest BCUT2D eigenvalue weighted by atomic mass is 10.1. The molecule has 2 rings (SSSR count). The molecule has 1 saturated heterocycles. The monoisotopic (exact) mass is 240 g/mol. The van der Waals surface area contributed by atoms with Crippen molar-refractivity contribution in [3.8, 4) is 0 Å². The molecule has 0 aromatic rings. The minimum Gasteiger partial charge on any atom is -0.377 e. The maximum absolute atomic E-state index is 5.75. The Labute approximate surface area is 106 Å². The maximum Gasteiger partial charge on any atom is 0.0674 e. The fourth-order valence-corrected chi connectivity index (χ4v) is 3.27. The van der Waals surface area contributed by atoms with Crippen LogP contribution in [0.15, 0.2) is 0 Å². The van der Waals surface area contributed by atoms with E-state index in [9.17, 15) is 0 Å². The van der Waals surface area contributed by atoms with Crippen LogP contribution in [0.25, 0.3) is 0 Å². The van der Waals surface area contributed by atoms with E-state index in [0.717, 1.165) is 25.2 Å². The highest BCUT2D eigenvalue weighted by molar-refractivity contribution is 4.91. The molecule has 1 aliphatic heterocycles. The van der Waals surface area contributed by atoms with Crippen molar-refractivity contribution in [2.45, 2.75) is 64.1 Å². The number of hydrogen-bond acceptors (Lipinski definition) is 3. The molecular weight excluding hydrogens is 212 g/mol. The van der Waals surface area contributed by atoms with Crippen molar-refractivity contribution in [1.82, 2.24) is 10.2 Å². The quantitative estimate of drug-likeness (QED) is 0.813. The zero-order chi connectivity index (χ0) is 12.1. The van der Waals surface area contributed by atoms with Crippen LogP contribution in [0.2, 0.25) is 0 Å². The van der Waals surface area contributed by atoms with Gasteiger partial charge in [0.25, 0.3) is 0 Å². The third-order valence-corrected chi connectivity index (χ3v) is 4.09. The van der Waals surface area contributed by atoms with E-state index in [0.29, 0.717) is 6.10 Å². The molecule has 1 saturated carbocycles. The molecule has 2 fully saturated rings. The Bertz CT molecular complexity index is 222. The summed E-state index contributed by atoms with van der Waals surface area (Å²) in [6, 6.07) is 1.48. The standard InChI is InChI=1S/C14H28N2O/c1-3-8-15-13-6-4-7-14(13)16-9-5-10-17-12(2)11-16/h12-15H,3-11H2,1-2H3. The molecule has 0 radical (unpaired) electrons. The van der Waals surface area contributed by atoms with E-state index in [1.54, 1.807) is 0 Å². The van der Waals surface area contributed by atoms with E-state index in [4.69, 9.17) is 4.74 Å². The van der Waals surface area contributed by atoms with Crippen molar-refractivity contribution >= 4 is 0 Å². The van der Waals surface area contributed by atoms with E-state index in [2.05, 4.69) is 24.1 Å². The zero-order valence-corrected chi connectivity index (χ0v) is 11.5. The van der Waals surface area contributed by atoms with Gasteiger partial charge in [0.1, 0.15) is 0 Å². The Balaban J connectivity index is 1.89. The van der Waals surface area contributed by atoms with Gasteiger partial charge in [-0.05, 0) is 39.2 Å². The molecule has 0 amide bonds. The molecule has 3 heteroatoms. The molecule has 1 aliphatic carbocycles. The van der Waals surface area contributed by atoms with Crippen LogP contribution in [0, 0.1) is 0 Å². The first-order chi connectivity index (χ1) is 8.31. The Morgan fingerprint density at radius 2 is 2.18 bits per heavy atom. The highest BCUT2D eigenvalue weighted by atomic mass is 16.5. The average Bonchev–Trinajstić information content (AvgIpc) is 2.68. The fourth-order valence-electron chi connectivity index (χ4n) is 3.27. The molecule has 3 nitrogen and oxygen atoms in total. The van der Waals surface area contributed by atoms with Crippen LogP contribution >= 0.6 is 0 Å². The molecule has 0 aromatic carbocycles. The van der Waals surface area contributed by atoms with Gasteiger partial charge in [0.15, 0.2) is 0 Å². The van der Waals surface area contributed by atoms with Crippen LogP contribution in [-0.2, 0) is 4.74 Å². The van der Waals surface area contributed by atoms with Gasteiger partial charge in [-0.1, -0.05) is 13.3 Å². The van der Waals surface area contributed by atoms with Crippen LogP contribution in [0.3, 0.4) is 0 Å². The predicted molar refractivity (Wildman–Crippen MR) is 71.3 cm³/mol. The zero-order valence-electron chi connectivity index (χ0n) is 11.5. The van der Waals surface area contributed by atoms with Gasteiger partial charge >= 0.3 is 0 Å². The van der Waals surface area contributed by atoms with Crippen LogP contribution < -0.4 is 5.32 Å². The van der Waals surface area contributed by atoms with Crippen LogP contribution in [-0.4, -0.2) is 49.3 Å². The van der Waals surface area contributed by atoms with Gasteiger partial charge in [-0.2, -0.15) is 0 Å². The summed E-state index contributed by atoms with van der Waals surface area (Å²) in [4.78, 5) is 2.68. The number of nitrogens with one attached hydrogen (secondary N) is 1. The highest BCUT2D eigenvalue weighted by Crippen LogP contribution is 2.25. The number of nitrogens with zero attached hydrogens (tertiary/aromatic N) is 1. The Hall–Kier alpha value is -0.120. The molecule has 1 heterocycles. The Morgan fingerprint density at radius 3 is 3.00 bits per heavy atom. The largest absolute Gasteiger partial charge is 0.377 e. The lowest BCUT2D eigenvalue weighted by Crippen LogP contribution is -2.48. The summed E-state index contributed by atoms with van der Waals surface area (Å²) in [6.45, 7) is 8.91. The molecule has 0 bridgehead atoms. The minimum atomic E-state index is 0.407. The summed E-state index contributed by atoms with van der Waals surface area (Å²) in [5.41, 5.74) is 0. The molecule has 2 aliphatic rings. The van der Waals surface area contributed by atoms with Crippen LogP contribution in [0.1, 0.15) is 46.0 Å². The van der Waals surface area contributed by atoms with Crippen molar-refractivity contribution in [2.75, 3.05) is 26.2 Å². The van der Waals surface area contributed by atoms with Gasteiger partial charge in [0.05, 0.1) is 6.10 Å². The number of hydrogen-bond donors (Lipinski definition) is 1. The van der Waals surface area contributed by atoms with Crippen molar-refractivity contribution in [3.05, 3.63) is 0 Å².